The molecule has 0 heterocycles. The van der Waals surface area contributed by atoms with Crippen molar-refractivity contribution in [3.05, 3.63) is 0 Å². The average molecular weight is 270 g/mol. The molecule has 1 saturated carbocycles. The molecule has 0 bridgehead atoms. The quantitative estimate of drug-likeness (QED) is 0.711. The summed E-state index contributed by atoms with van der Waals surface area (Å²) in [5.74, 6) is 0.0444. The Balaban J connectivity index is 2.50. The highest BCUT2D eigenvalue weighted by Crippen LogP contribution is 2.34. The van der Waals surface area contributed by atoms with Crippen LogP contribution in [0, 0.1) is 11.8 Å². The van der Waals surface area contributed by atoms with Crippen LogP contribution in [0.15, 0.2) is 0 Å². The number of carboxylic acids is 1. The zero-order chi connectivity index (χ0) is 14.4. The monoisotopic (exact) mass is 270 g/mol. The second-order valence-corrected chi connectivity index (χ2v) is 5.90. The number of hydrogen-bond donors (Lipinski definition) is 2. The molecule has 0 aromatic heterocycles. The van der Waals surface area contributed by atoms with E-state index in [0.29, 0.717) is 6.54 Å². The van der Waals surface area contributed by atoms with Gasteiger partial charge in [-0.1, -0.05) is 33.6 Å². The van der Waals surface area contributed by atoms with Crippen molar-refractivity contribution in [3.63, 3.8) is 0 Å². The van der Waals surface area contributed by atoms with Crippen molar-refractivity contribution >= 4 is 12.0 Å². The maximum absolute atomic E-state index is 12.1. The molecule has 2 amide bonds. The second kappa shape index (κ2) is 7.36. The van der Waals surface area contributed by atoms with Crippen LogP contribution in [0.25, 0.3) is 0 Å². The number of hydrogen-bond acceptors (Lipinski definition) is 2. The maximum atomic E-state index is 12.1. The van der Waals surface area contributed by atoms with Gasteiger partial charge in [0.25, 0.3) is 0 Å². The van der Waals surface area contributed by atoms with Gasteiger partial charge in [-0.25, -0.2) is 4.79 Å². The van der Waals surface area contributed by atoms with Crippen molar-refractivity contribution in [1.29, 1.82) is 0 Å². The smallest absolute Gasteiger partial charge is 0.323 e. The Morgan fingerprint density at radius 1 is 1.37 bits per heavy atom. The molecule has 1 fully saturated rings. The third-order valence-corrected chi connectivity index (χ3v) is 3.33. The van der Waals surface area contributed by atoms with E-state index < -0.39 is 5.97 Å². The van der Waals surface area contributed by atoms with Gasteiger partial charge in [0, 0.05) is 12.6 Å². The molecule has 1 unspecified atom stereocenters. The van der Waals surface area contributed by atoms with E-state index in [1.807, 2.05) is 13.8 Å². The molecule has 5 heteroatoms. The van der Waals surface area contributed by atoms with E-state index >= 15 is 0 Å². The molecule has 0 aromatic rings. The van der Waals surface area contributed by atoms with Crippen LogP contribution in [-0.2, 0) is 4.79 Å². The average Bonchev–Trinajstić information content (AvgIpc) is 3.09. The van der Waals surface area contributed by atoms with Crippen LogP contribution in [0.4, 0.5) is 4.79 Å². The number of nitrogens with one attached hydrogen (secondary N) is 1. The van der Waals surface area contributed by atoms with E-state index in [9.17, 15) is 9.59 Å². The first-order valence-electron chi connectivity index (χ1n) is 7.19. The first-order valence-corrected chi connectivity index (χ1v) is 7.19. The van der Waals surface area contributed by atoms with Gasteiger partial charge in [-0.2, -0.15) is 0 Å². The highest BCUT2D eigenvalue weighted by atomic mass is 16.4. The highest BCUT2D eigenvalue weighted by Gasteiger charge is 2.27. The first-order chi connectivity index (χ1) is 8.92. The van der Waals surface area contributed by atoms with Crippen molar-refractivity contribution in [2.24, 2.45) is 11.8 Å². The highest BCUT2D eigenvalue weighted by molar-refractivity contribution is 5.80. The Labute approximate surface area is 115 Å². The number of rotatable bonds is 8. The summed E-state index contributed by atoms with van der Waals surface area (Å²) in [6, 6.07) is -0.0768. The normalized spacial score (nSPS) is 16.2. The molecule has 0 saturated heterocycles. The topological polar surface area (TPSA) is 69.6 Å². The van der Waals surface area contributed by atoms with Crippen molar-refractivity contribution in [1.82, 2.24) is 10.2 Å². The Morgan fingerprint density at radius 3 is 2.42 bits per heavy atom. The van der Waals surface area contributed by atoms with Gasteiger partial charge in [-0.05, 0) is 24.7 Å². The fourth-order valence-corrected chi connectivity index (χ4v) is 2.17. The zero-order valence-electron chi connectivity index (χ0n) is 12.2. The SMILES string of the molecule is CCC(CC1CC1)NC(=O)N(CC(=O)O)CC(C)C. The number of nitrogens with zero attached hydrogens (tertiary/aromatic N) is 1. The van der Waals surface area contributed by atoms with Gasteiger partial charge < -0.3 is 15.3 Å². The summed E-state index contributed by atoms with van der Waals surface area (Å²) in [5.41, 5.74) is 0. The minimum Gasteiger partial charge on any atom is -0.480 e. The summed E-state index contributed by atoms with van der Waals surface area (Å²) in [6.07, 6.45) is 4.43. The van der Waals surface area contributed by atoms with Gasteiger partial charge >= 0.3 is 12.0 Å². The van der Waals surface area contributed by atoms with E-state index in [4.69, 9.17) is 5.11 Å². The molecule has 0 radical (unpaired) electrons. The van der Waals surface area contributed by atoms with Crippen LogP contribution in [0.5, 0.6) is 0 Å². The molecule has 0 aliphatic heterocycles. The molecule has 110 valence electrons. The Hall–Kier alpha value is -1.26. The predicted molar refractivity (Wildman–Crippen MR) is 74.0 cm³/mol. The van der Waals surface area contributed by atoms with Gasteiger partial charge in [0.15, 0.2) is 0 Å². The van der Waals surface area contributed by atoms with E-state index in [1.54, 1.807) is 0 Å². The van der Waals surface area contributed by atoms with Gasteiger partial charge in [0.05, 0.1) is 0 Å². The van der Waals surface area contributed by atoms with Crippen LogP contribution in [-0.4, -0.2) is 41.1 Å². The fraction of sp³-hybridized carbons (Fsp3) is 0.857. The van der Waals surface area contributed by atoms with E-state index in [-0.39, 0.29) is 24.5 Å². The summed E-state index contributed by atoms with van der Waals surface area (Å²) in [5, 5.41) is 11.8. The molecule has 0 aromatic carbocycles. The molecule has 1 aliphatic carbocycles. The Bertz CT molecular complexity index is 314. The van der Waals surface area contributed by atoms with Crippen LogP contribution < -0.4 is 5.32 Å². The van der Waals surface area contributed by atoms with Crippen molar-refractivity contribution in [3.8, 4) is 0 Å². The molecule has 5 nitrogen and oxygen atoms in total. The van der Waals surface area contributed by atoms with Crippen LogP contribution in [0.1, 0.15) is 46.5 Å². The lowest BCUT2D eigenvalue weighted by Gasteiger charge is -2.26. The van der Waals surface area contributed by atoms with E-state index in [0.717, 1.165) is 18.8 Å². The zero-order valence-corrected chi connectivity index (χ0v) is 12.2. The number of amides is 2. The fourth-order valence-electron chi connectivity index (χ4n) is 2.17. The lowest BCUT2D eigenvalue weighted by Crippen LogP contribution is -2.48. The lowest BCUT2D eigenvalue weighted by atomic mass is 10.1. The summed E-state index contributed by atoms with van der Waals surface area (Å²) in [4.78, 5) is 24.3. The van der Waals surface area contributed by atoms with Crippen LogP contribution in [0.3, 0.4) is 0 Å². The van der Waals surface area contributed by atoms with E-state index in [1.165, 1.54) is 17.7 Å². The summed E-state index contributed by atoms with van der Waals surface area (Å²) < 4.78 is 0. The van der Waals surface area contributed by atoms with Gasteiger partial charge in [-0.15, -0.1) is 0 Å². The predicted octanol–water partition coefficient (Wildman–Crippen LogP) is 2.32. The minimum atomic E-state index is -0.967. The summed E-state index contributed by atoms with van der Waals surface area (Å²) >= 11 is 0. The summed E-state index contributed by atoms with van der Waals surface area (Å²) in [6.45, 7) is 6.24. The van der Waals surface area contributed by atoms with Gasteiger partial charge in [-0.3, -0.25) is 4.79 Å². The Morgan fingerprint density at radius 2 is 2.00 bits per heavy atom. The van der Waals surface area contributed by atoms with Gasteiger partial charge in [0.1, 0.15) is 6.54 Å². The number of carbonyl (C=O) groups excluding carboxylic acids is 1. The molecule has 1 atom stereocenters. The maximum Gasteiger partial charge on any atom is 0.323 e. The number of aliphatic carboxylic acids is 1. The molecular formula is C14H26N2O3. The number of urea groups is 1. The van der Waals surface area contributed by atoms with Crippen molar-refractivity contribution in [2.75, 3.05) is 13.1 Å². The minimum absolute atomic E-state index is 0.170. The number of carbonyl (C=O) groups is 2. The summed E-state index contributed by atoms with van der Waals surface area (Å²) in [7, 11) is 0. The number of carboxylic acid groups (broad SMARTS) is 1. The second-order valence-electron chi connectivity index (χ2n) is 5.90. The first kappa shape index (κ1) is 15.8. The molecule has 19 heavy (non-hydrogen) atoms. The molecule has 2 N–H and O–H groups in total. The molecule has 0 spiro atoms. The van der Waals surface area contributed by atoms with Crippen molar-refractivity contribution < 1.29 is 14.7 Å². The largest absolute Gasteiger partial charge is 0.480 e. The van der Waals surface area contributed by atoms with Gasteiger partial charge in [0.2, 0.25) is 0 Å². The van der Waals surface area contributed by atoms with Crippen LogP contribution >= 0.6 is 0 Å². The van der Waals surface area contributed by atoms with Crippen molar-refractivity contribution in [2.45, 2.75) is 52.5 Å². The lowest BCUT2D eigenvalue weighted by molar-refractivity contribution is -0.137. The molecular weight excluding hydrogens is 244 g/mol. The standard InChI is InChI=1S/C14H26N2O3/c1-4-12(7-11-5-6-11)15-14(19)16(8-10(2)3)9-13(17)18/h10-12H,4-9H2,1-3H3,(H,15,19)(H,17,18). The third-order valence-electron chi connectivity index (χ3n) is 3.33. The third kappa shape index (κ3) is 6.45. The van der Waals surface area contributed by atoms with E-state index in [2.05, 4.69) is 12.2 Å². The van der Waals surface area contributed by atoms with Crippen LogP contribution in [0.2, 0.25) is 0 Å². The molecule has 1 aliphatic rings. The Kier molecular flexibility index (Phi) is 6.12. The molecule has 1 rings (SSSR count).